The van der Waals surface area contributed by atoms with Gasteiger partial charge in [0.05, 0.1) is 28.7 Å². The zero-order valence-corrected chi connectivity index (χ0v) is 47.4. The first kappa shape index (κ1) is 62.6. The molecule has 1 fully saturated rings. The SMILES string of the molecule is CCCCCCCCSC(CCC(=O)OCCC1(CCOC(=O)CCC(SCCCCCCCC)SCCCCCCCC)CCN(CCCCn2ccnc2)CC1)SCCCCCCCC. The molecule has 1 aliphatic rings. The summed E-state index contributed by atoms with van der Waals surface area (Å²) in [5.74, 6) is 4.70. The van der Waals surface area contributed by atoms with Crippen molar-refractivity contribution in [2.75, 3.05) is 55.9 Å². The lowest BCUT2D eigenvalue weighted by atomic mass is 9.73. The van der Waals surface area contributed by atoms with Crippen LogP contribution in [0.1, 0.15) is 246 Å². The number of aromatic nitrogens is 2. The van der Waals surface area contributed by atoms with E-state index in [9.17, 15) is 9.59 Å². The molecular formula is C56H105N3O4S4. The zero-order valence-electron chi connectivity index (χ0n) is 44.1. The van der Waals surface area contributed by atoms with E-state index in [1.807, 2.05) is 18.7 Å². The Balaban J connectivity index is 1.90. The van der Waals surface area contributed by atoms with E-state index in [4.69, 9.17) is 9.47 Å². The number of esters is 2. The average molecular weight is 1010 g/mol. The van der Waals surface area contributed by atoms with Crippen molar-refractivity contribution in [2.24, 2.45) is 5.41 Å². The minimum absolute atomic E-state index is 0.0266. The number of rotatable bonds is 49. The van der Waals surface area contributed by atoms with Crippen LogP contribution in [0.2, 0.25) is 0 Å². The third kappa shape index (κ3) is 36.1. The fourth-order valence-electron chi connectivity index (χ4n) is 9.12. The number of ether oxygens (including phenoxy) is 2. The van der Waals surface area contributed by atoms with Crippen LogP contribution in [0.3, 0.4) is 0 Å². The average Bonchev–Trinajstić information content (AvgIpc) is 3.86. The number of piperidine rings is 1. The standard InChI is InChI=1S/C56H105N3O4S4/c1-5-9-13-17-21-27-47-64-54(65-48-28-22-18-14-10-6-2)33-31-52(60)62-45-37-56(35-42-58(43-36-56)40-25-26-41-59-44-39-57-51-59)38-46-63-53(61)32-34-55(66-49-29-23-19-15-11-7-3)67-50-30-24-20-16-12-8-4/h39,44,51,54-55H,5-38,40-43,45-50H2,1-4H3. The van der Waals surface area contributed by atoms with Gasteiger partial charge in [-0.1, -0.05) is 156 Å². The van der Waals surface area contributed by atoms with E-state index in [1.54, 1.807) is 0 Å². The summed E-state index contributed by atoms with van der Waals surface area (Å²) in [5.41, 5.74) is 0.0266. The van der Waals surface area contributed by atoms with Gasteiger partial charge >= 0.3 is 11.9 Å². The van der Waals surface area contributed by atoms with E-state index in [1.165, 1.54) is 184 Å². The Bertz CT molecular complexity index is 1130. The molecule has 67 heavy (non-hydrogen) atoms. The molecule has 7 nitrogen and oxygen atoms in total. The number of imidazole rings is 1. The van der Waals surface area contributed by atoms with Crippen LogP contribution in [0.25, 0.3) is 0 Å². The second-order valence-corrected chi connectivity index (χ2v) is 25.6. The number of carbonyl (C=O) groups excluding carboxylic acids is 2. The number of carbonyl (C=O) groups is 2. The summed E-state index contributed by atoms with van der Waals surface area (Å²) >= 11 is 8.34. The number of hydrogen-bond donors (Lipinski definition) is 0. The second-order valence-electron chi connectivity index (χ2n) is 19.8. The largest absolute Gasteiger partial charge is 0.466 e. The third-order valence-electron chi connectivity index (χ3n) is 13.8. The van der Waals surface area contributed by atoms with Gasteiger partial charge in [-0.3, -0.25) is 9.59 Å². The first-order chi connectivity index (χ1) is 32.9. The van der Waals surface area contributed by atoms with Crippen LogP contribution in [-0.2, 0) is 25.6 Å². The van der Waals surface area contributed by atoms with Crippen LogP contribution < -0.4 is 0 Å². The molecular weight excluding hydrogens is 907 g/mol. The second kappa shape index (κ2) is 45.4. The molecule has 0 saturated carbocycles. The van der Waals surface area contributed by atoms with Crippen molar-refractivity contribution in [1.29, 1.82) is 0 Å². The lowest BCUT2D eigenvalue weighted by Crippen LogP contribution is -2.42. The minimum Gasteiger partial charge on any atom is -0.466 e. The molecule has 1 aromatic heterocycles. The Kier molecular flexibility index (Phi) is 42.4. The van der Waals surface area contributed by atoms with Gasteiger partial charge in [0.15, 0.2) is 0 Å². The third-order valence-corrected chi connectivity index (χ3v) is 19.9. The highest BCUT2D eigenvalue weighted by Crippen LogP contribution is 2.39. The molecule has 0 atom stereocenters. The molecule has 0 bridgehead atoms. The van der Waals surface area contributed by atoms with Crippen molar-refractivity contribution in [3.8, 4) is 0 Å². The minimum atomic E-state index is -0.0412. The van der Waals surface area contributed by atoms with Crippen LogP contribution >= 0.6 is 47.0 Å². The quantitative estimate of drug-likeness (QED) is 0.0358. The summed E-state index contributed by atoms with van der Waals surface area (Å²) in [6.07, 6.45) is 46.6. The molecule has 2 heterocycles. The van der Waals surface area contributed by atoms with Crippen LogP contribution in [0.5, 0.6) is 0 Å². The van der Waals surface area contributed by atoms with Crippen molar-refractivity contribution >= 4 is 59.0 Å². The Morgan fingerprint density at radius 2 is 0.896 bits per heavy atom. The molecule has 11 heteroatoms. The number of unbranched alkanes of at least 4 members (excludes halogenated alkanes) is 21. The van der Waals surface area contributed by atoms with Crippen LogP contribution in [0, 0.1) is 5.41 Å². The topological polar surface area (TPSA) is 73.7 Å². The maximum Gasteiger partial charge on any atom is 0.305 e. The molecule has 0 amide bonds. The van der Waals surface area contributed by atoms with E-state index in [-0.39, 0.29) is 17.4 Å². The van der Waals surface area contributed by atoms with E-state index in [2.05, 4.69) is 89.2 Å². The summed E-state index contributed by atoms with van der Waals surface area (Å²) < 4.78 is 15.2. The first-order valence-corrected chi connectivity index (χ1v) is 32.6. The summed E-state index contributed by atoms with van der Waals surface area (Å²) in [7, 11) is 0. The van der Waals surface area contributed by atoms with Gasteiger partial charge in [0, 0.05) is 31.8 Å². The van der Waals surface area contributed by atoms with Crippen molar-refractivity contribution in [2.45, 2.75) is 262 Å². The van der Waals surface area contributed by atoms with Crippen molar-refractivity contribution < 1.29 is 19.1 Å². The summed E-state index contributed by atoms with van der Waals surface area (Å²) in [6.45, 7) is 14.3. The fourth-order valence-corrected chi connectivity index (χ4v) is 14.7. The predicted molar refractivity (Wildman–Crippen MR) is 300 cm³/mol. The van der Waals surface area contributed by atoms with Gasteiger partial charge < -0.3 is 18.9 Å². The van der Waals surface area contributed by atoms with Gasteiger partial charge in [-0.05, 0) is 125 Å². The highest BCUT2D eigenvalue weighted by atomic mass is 32.2. The molecule has 2 rings (SSSR count). The first-order valence-electron chi connectivity index (χ1n) is 28.4. The van der Waals surface area contributed by atoms with E-state index in [0.717, 1.165) is 71.1 Å². The number of aryl methyl sites for hydroxylation is 1. The Morgan fingerprint density at radius 1 is 0.522 bits per heavy atom. The zero-order chi connectivity index (χ0) is 48.1. The lowest BCUT2D eigenvalue weighted by Gasteiger charge is -2.42. The van der Waals surface area contributed by atoms with Crippen LogP contribution in [-0.4, -0.2) is 91.4 Å². The van der Waals surface area contributed by atoms with Gasteiger partial charge in [0.25, 0.3) is 0 Å². The molecule has 0 aromatic carbocycles. The van der Waals surface area contributed by atoms with Crippen molar-refractivity contribution in [1.82, 2.24) is 14.5 Å². The number of hydrogen-bond acceptors (Lipinski definition) is 10. The summed E-state index contributed by atoms with van der Waals surface area (Å²) in [6, 6.07) is 0. The highest BCUT2D eigenvalue weighted by Gasteiger charge is 2.35. The van der Waals surface area contributed by atoms with E-state index >= 15 is 0 Å². The Hall–Kier alpha value is -0.490. The molecule has 0 aliphatic carbocycles. The predicted octanol–water partition coefficient (Wildman–Crippen LogP) is 17.2. The van der Waals surface area contributed by atoms with Crippen LogP contribution in [0.15, 0.2) is 18.7 Å². The Labute approximate surface area is 431 Å². The smallest absolute Gasteiger partial charge is 0.305 e. The maximum absolute atomic E-state index is 13.3. The van der Waals surface area contributed by atoms with Gasteiger partial charge in [-0.25, -0.2) is 4.98 Å². The molecule has 1 aliphatic heterocycles. The van der Waals surface area contributed by atoms with Gasteiger partial charge in [-0.15, -0.1) is 47.0 Å². The fraction of sp³-hybridized carbons (Fsp3) is 0.911. The van der Waals surface area contributed by atoms with E-state index in [0.29, 0.717) is 35.2 Å². The number of nitrogens with zero attached hydrogens (tertiary/aromatic N) is 3. The normalized spacial score (nSPS) is 14.1. The number of likely N-dealkylation sites (tertiary alicyclic amines) is 1. The molecule has 1 saturated heterocycles. The highest BCUT2D eigenvalue weighted by molar-refractivity contribution is 8.17. The maximum atomic E-state index is 13.3. The van der Waals surface area contributed by atoms with Gasteiger partial charge in [0.2, 0.25) is 0 Å². The molecule has 0 unspecified atom stereocenters. The van der Waals surface area contributed by atoms with Gasteiger partial charge in [-0.2, -0.15) is 0 Å². The van der Waals surface area contributed by atoms with E-state index < -0.39 is 0 Å². The Morgan fingerprint density at radius 3 is 1.27 bits per heavy atom. The van der Waals surface area contributed by atoms with Crippen molar-refractivity contribution in [3.63, 3.8) is 0 Å². The van der Waals surface area contributed by atoms with Crippen LogP contribution in [0.4, 0.5) is 0 Å². The summed E-state index contributed by atoms with van der Waals surface area (Å²) in [5, 5.41) is 0. The molecule has 0 spiro atoms. The molecule has 392 valence electrons. The van der Waals surface area contributed by atoms with Gasteiger partial charge in [0.1, 0.15) is 0 Å². The molecule has 1 aromatic rings. The lowest BCUT2D eigenvalue weighted by molar-refractivity contribution is -0.145. The van der Waals surface area contributed by atoms with Crippen molar-refractivity contribution in [3.05, 3.63) is 18.7 Å². The number of thioether (sulfide) groups is 4. The molecule has 0 N–H and O–H groups in total. The summed E-state index contributed by atoms with van der Waals surface area (Å²) in [4.78, 5) is 33.4. The monoisotopic (exact) mass is 1010 g/mol. The molecule has 0 radical (unpaired) electrons.